The topological polar surface area (TPSA) is 60.9 Å². The van der Waals surface area contributed by atoms with E-state index in [0.717, 1.165) is 42.0 Å². The highest BCUT2D eigenvalue weighted by molar-refractivity contribution is 5.62. The van der Waals surface area contributed by atoms with Gasteiger partial charge in [-0.2, -0.15) is 0 Å². The summed E-state index contributed by atoms with van der Waals surface area (Å²) < 4.78 is 0. The molecule has 0 fully saturated rings. The van der Waals surface area contributed by atoms with Gasteiger partial charge in [-0.15, -0.1) is 0 Å². The molecule has 0 saturated carbocycles. The van der Waals surface area contributed by atoms with E-state index in [1.54, 1.807) is 12.2 Å². The number of aromatic amines is 1. The Bertz CT molecular complexity index is 538. The molecule has 1 heterocycles. The maximum atomic E-state index is 8.86. The Hall–Kier alpha value is -1.65. The Morgan fingerprint density at radius 3 is 2.31 bits per heavy atom. The SMILES string of the molecule is C=Cc1nc(C(CC)(CCC)NC)[nH]c1/C=C(C)/C=C/CO.CC.CC. The molecule has 0 amide bonds. The molecule has 1 atom stereocenters. The molecule has 0 aliphatic carbocycles. The number of allylic oxidation sites excluding steroid dienone is 2. The summed E-state index contributed by atoms with van der Waals surface area (Å²) in [5.41, 5.74) is 2.73. The molecule has 150 valence electrons. The predicted octanol–water partition coefficient (Wildman–Crippen LogP) is 5.68. The highest BCUT2D eigenvalue weighted by Gasteiger charge is 2.31. The van der Waals surface area contributed by atoms with Crippen LogP contribution in [0, 0.1) is 0 Å². The molecule has 1 unspecified atom stereocenters. The van der Waals surface area contributed by atoms with E-state index < -0.39 is 0 Å². The zero-order chi connectivity index (χ0) is 20.6. The van der Waals surface area contributed by atoms with E-state index in [1.807, 2.05) is 53.8 Å². The minimum Gasteiger partial charge on any atom is -0.392 e. The molecule has 0 aromatic carbocycles. The van der Waals surface area contributed by atoms with Gasteiger partial charge in [0, 0.05) is 0 Å². The largest absolute Gasteiger partial charge is 0.392 e. The lowest BCUT2D eigenvalue weighted by molar-refractivity contribution is 0.301. The second kappa shape index (κ2) is 15.6. The summed E-state index contributed by atoms with van der Waals surface area (Å²) in [5, 5.41) is 12.3. The van der Waals surface area contributed by atoms with Gasteiger partial charge in [-0.1, -0.05) is 66.7 Å². The van der Waals surface area contributed by atoms with Gasteiger partial charge >= 0.3 is 0 Å². The van der Waals surface area contributed by atoms with E-state index in [1.165, 1.54) is 0 Å². The van der Waals surface area contributed by atoms with Gasteiger partial charge in [0.25, 0.3) is 0 Å². The molecule has 3 N–H and O–H groups in total. The average Bonchev–Trinajstić information content (AvgIpc) is 3.10. The summed E-state index contributed by atoms with van der Waals surface area (Å²) in [5.74, 6) is 0.958. The molecule has 0 aliphatic heterocycles. The number of nitrogens with zero attached hydrogens (tertiary/aromatic N) is 1. The number of hydrogen-bond acceptors (Lipinski definition) is 3. The van der Waals surface area contributed by atoms with Crippen molar-refractivity contribution in [1.82, 2.24) is 15.3 Å². The van der Waals surface area contributed by atoms with Gasteiger partial charge in [0.1, 0.15) is 5.82 Å². The van der Waals surface area contributed by atoms with Crippen molar-refractivity contribution in [3.8, 4) is 0 Å². The second-order valence-electron chi connectivity index (χ2n) is 5.50. The molecule has 0 saturated heterocycles. The van der Waals surface area contributed by atoms with Gasteiger partial charge in [-0.3, -0.25) is 0 Å². The van der Waals surface area contributed by atoms with Crippen molar-refractivity contribution >= 4 is 12.2 Å². The smallest absolute Gasteiger partial charge is 0.127 e. The van der Waals surface area contributed by atoms with E-state index in [4.69, 9.17) is 10.1 Å². The average molecular weight is 364 g/mol. The summed E-state index contributed by atoms with van der Waals surface area (Å²) in [7, 11) is 1.99. The van der Waals surface area contributed by atoms with Crippen molar-refractivity contribution in [3.63, 3.8) is 0 Å². The zero-order valence-electron chi connectivity index (χ0n) is 18.2. The van der Waals surface area contributed by atoms with E-state index in [0.29, 0.717) is 0 Å². The Morgan fingerprint density at radius 2 is 1.88 bits per heavy atom. The quantitative estimate of drug-likeness (QED) is 0.494. The molecular weight excluding hydrogens is 322 g/mol. The van der Waals surface area contributed by atoms with Crippen LogP contribution >= 0.6 is 0 Å². The molecule has 0 spiro atoms. The lowest BCUT2D eigenvalue weighted by atomic mass is 9.90. The first-order chi connectivity index (χ1) is 12.6. The summed E-state index contributed by atoms with van der Waals surface area (Å²) in [4.78, 5) is 8.19. The zero-order valence-corrected chi connectivity index (χ0v) is 18.2. The number of rotatable bonds is 9. The lowest BCUT2D eigenvalue weighted by Crippen LogP contribution is -2.40. The molecule has 1 rings (SSSR count). The molecule has 0 bridgehead atoms. The van der Waals surface area contributed by atoms with E-state index in [2.05, 4.69) is 30.7 Å². The number of aromatic nitrogens is 2. The summed E-state index contributed by atoms with van der Waals surface area (Å²) in [6, 6.07) is 0. The fraction of sp³-hybridized carbons (Fsp3) is 0.591. The van der Waals surface area contributed by atoms with Crippen LogP contribution in [-0.4, -0.2) is 28.7 Å². The monoisotopic (exact) mass is 363 g/mol. The van der Waals surface area contributed by atoms with Gasteiger partial charge < -0.3 is 15.4 Å². The molecular formula is C22H41N3O. The molecule has 1 aromatic heterocycles. The molecule has 0 aliphatic rings. The molecule has 26 heavy (non-hydrogen) atoms. The summed E-state index contributed by atoms with van der Waals surface area (Å²) >= 11 is 0. The minimum absolute atomic E-state index is 0.0446. The Kier molecular flexibility index (Phi) is 15.9. The van der Waals surface area contributed by atoms with E-state index >= 15 is 0 Å². The third-order valence-corrected chi connectivity index (χ3v) is 4.02. The number of imidazole rings is 1. The van der Waals surface area contributed by atoms with Crippen LogP contribution in [0.25, 0.3) is 12.2 Å². The fourth-order valence-electron chi connectivity index (χ4n) is 2.72. The van der Waals surface area contributed by atoms with Gasteiger partial charge in [0.05, 0.1) is 23.5 Å². The van der Waals surface area contributed by atoms with Crippen molar-refractivity contribution in [3.05, 3.63) is 41.5 Å². The first-order valence-corrected chi connectivity index (χ1v) is 9.94. The van der Waals surface area contributed by atoms with Crippen molar-refractivity contribution in [2.45, 2.75) is 73.3 Å². The van der Waals surface area contributed by atoms with Crippen LogP contribution in [-0.2, 0) is 5.54 Å². The first kappa shape index (κ1) is 26.6. The van der Waals surface area contributed by atoms with Crippen LogP contribution in [0.15, 0.2) is 24.3 Å². The summed E-state index contributed by atoms with van der Waals surface area (Å²) in [6.45, 7) is 18.3. The number of H-pyrrole nitrogens is 1. The normalized spacial score (nSPS) is 13.3. The molecule has 1 aromatic rings. The van der Waals surface area contributed by atoms with Crippen LogP contribution < -0.4 is 5.32 Å². The second-order valence-corrected chi connectivity index (χ2v) is 5.50. The van der Waals surface area contributed by atoms with Crippen LogP contribution in [0.1, 0.15) is 84.9 Å². The first-order valence-electron chi connectivity index (χ1n) is 9.94. The number of nitrogens with one attached hydrogen (secondary N) is 2. The van der Waals surface area contributed by atoms with Gasteiger partial charge in [-0.25, -0.2) is 4.98 Å². The van der Waals surface area contributed by atoms with Crippen molar-refractivity contribution < 1.29 is 5.11 Å². The Balaban J connectivity index is 0. The highest BCUT2D eigenvalue weighted by atomic mass is 16.2. The van der Waals surface area contributed by atoms with Gasteiger partial charge in [-0.05, 0) is 44.5 Å². The molecule has 4 heteroatoms. The molecule has 0 radical (unpaired) electrons. The number of hydrogen-bond donors (Lipinski definition) is 3. The van der Waals surface area contributed by atoms with Gasteiger partial charge in [0.2, 0.25) is 0 Å². The Labute approximate surface area is 161 Å². The third kappa shape index (κ3) is 7.71. The minimum atomic E-state index is -0.132. The van der Waals surface area contributed by atoms with Crippen LogP contribution in [0.5, 0.6) is 0 Å². The highest BCUT2D eigenvalue weighted by Crippen LogP contribution is 2.29. The van der Waals surface area contributed by atoms with Gasteiger partial charge in [0.15, 0.2) is 0 Å². The van der Waals surface area contributed by atoms with Crippen LogP contribution in [0.2, 0.25) is 0 Å². The Morgan fingerprint density at radius 1 is 1.27 bits per heavy atom. The maximum absolute atomic E-state index is 8.86. The van der Waals surface area contributed by atoms with E-state index in [9.17, 15) is 0 Å². The fourth-order valence-corrected chi connectivity index (χ4v) is 2.72. The van der Waals surface area contributed by atoms with Crippen molar-refractivity contribution in [2.24, 2.45) is 0 Å². The van der Waals surface area contributed by atoms with Crippen LogP contribution in [0.3, 0.4) is 0 Å². The summed E-state index contributed by atoms with van der Waals surface area (Å²) in [6.07, 6.45) is 10.5. The third-order valence-electron chi connectivity index (χ3n) is 4.02. The number of aliphatic hydroxyl groups excluding tert-OH is 1. The maximum Gasteiger partial charge on any atom is 0.127 e. The van der Waals surface area contributed by atoms with E-state index in [-0.39, 0.29) is 12.1 Å². The standard InChI is InChI=1S/C18H29N3O.2C2H6/c1-6-11-18(8-3,19-5)17-20-15(7-2)16(21-17)13-14(4)10-9-12-22;2*1-2/h7,9-10,13,19,22H,2,6,8,11-12H2,1,3-5H3,(H,20,21);2*1-2H3/b10-9+,14-13+;;. The predicted molar refractivity (Wildman–Crippen MR) is 117 cm³/mol. The molecule has 4 nitrogen and oxygen atoms in total. The number of aliphatic hydroxyl groups is 1. The van der Waals surface area contributed by atoms with Crippen LogP contribution in [0.4, 0.5) is 0 Å². The lowest BCUT2D eigenvalue weighted by Gasteiger charge is -2.30. The van der Waals surface area contributed by atoms with Crippen molar-refractivity contribution in [2.75, 3.05) is 13.7 Å². The van der Waals surface area contributed by atoms with Crippen molar-refractivity contribution in [1.29, 1.82) is 0 Å².